The number of hydrogen-bond acceptors (Lipinski definition) is 1. The van der Waals surface area contributed by atoms with E-state index >= 15 is 0 Å². The van der Waals surface area contributed by atoms with Gasteiger partial charge in [-0.3, -0.25) is 0 Å². The van der Waals surface area contributed by atoms with Crippen LogP contribution in [0.5, 0.6) is 0 Å². The lowest BCUT2D eigenvalue weighted by Crippen LogP contribution is -2.18. The molecule has 2 aromatic rings. The first-order valence-electron chi connectivity index (χ1n) is 7.23. The van der Waals surface area contributed by atoms with E-state index in [2.05, 4.69) is 48.6 Å². The predicted octanol–water partition coefficient (Wildman–Crippen LogP) is 4.80. The molecule has 0 amide bonds. The summed E-state index contributed by atoms with van der Waals surface area (Å²) in [7, 11) is 2.01. The molecule has 0 saturated heterocycles. The van der Waals surface area contributed by atoms with Crippen molar-refractivity contribution in [2.45, 2.75) is 32.2 Å². The highest BCUT2D eigenvalue weighted by Crippen LogP contribution is 2.20. The van der Waals surface area contributed by atoms with Gasteiger partial charge in [0.05, 0.1) is 0 Å². The lowest BCUT2D eigenvalue weighted by molar-refractivity contribution is 0.592. The lowest BCUT2D eigenvalue weighted by Gasteiger charge is -2.17. The van der Waals surface area contributed by atoms with E-state index in [9.17, 15) is 0 Å². The van der Waals surface area contributed by atoms with Crippen molar-refractivity contribution in [3.63, 3.8) is 0 Å². The van der Waals surface area contributed by atoms with Gasteiger partial charge in [-0.25, -0.2) is 0 Å². The van der Waals surface area contributed by atoms with Crippen LogP contribution in [0.2, 0.25) is 5.02 Å². The molecule has 0 aliphatic rings. The molecule has 106 valence electrons. The predicted molar refractivity (Wildman–Crippen MR) is 87.4 cm³/mol. The molecule has 0 aromatic heterocycles. The van der Waals surface area contributed by atoms with E-state index in [4.69, 9.17) is 11.6 Å². The Hall–Kier alpha value is -1.31. The molecule has 0 aliphatic heterocycles. The fourth-order valence-corrected chi connectivity index (χ4v) is 2.57. The average molecular weight is 288 g/mol. The summed E-state index contributed by atoms with van der Waals surface area (Å²) in [6.07, 6.45) is 3.32. The number of hydrogen-bond donors (Lipinski definition) is 1. The Morgan fingerprint density at radius 3 is 2.10 bits per heavy atom. The van der Waals surface area contributed by atoms with E-state index < -0.39 is 0 Å². The summed E-state index contributed by atoms with van der Waals surface area (Å²) in [5, 5.41) is 4.19. The van der Waals surface area contributed by atoms with Gasteiger partial charge in [-0.1, -0.05) is 61.3 Å². The van der Waals surface area contributed by atoms with E-state index in [1.807, 2.05) is 19.2 Å². The van der Waals surface area contributed by atoms with Crippen molar-refractivity contribution in [1.29, 1.82) is 0 Å². The summed E-state index contributed by atoms with van der Waals surface area (Å²) >= 11 is 5.93. The molecule has 0 spiro atoms. The van der Waals surface area contributed by atoms with E-state index in [0.717, 1.165) is 17.9 Å². The Balaban J connectivity index is 2.09. The largest absolute Gasteiger partial charge is 0.313 e. The van der Waals surface area contributed by atoms with Gasteiger partial charge in [0, 0.05) is 11.1 Å². The van der Waals surface area contributed by atoms with Crippen molar-refractivity contribution in [2.75, 3.05) is 7.05 Å². The van der Waals surface area contributed by atoms with Crippen molar-refractivity contribution in [3.8, 4) is 0 Å². The molecule has 0 radical (unpaired) electrons. The molecule has 2 heteroatoms. The van der Waals surface area contributed by atoms with Gasteiger partial charge in [0.1, 0.15) is 0 Å². The zero-order valence-corrected chi connectivity index (χ0v) is 13.0. The van der Waals surface area contributed by atoms with Gasteiger partial charge in [0.25, 0.3) is 0 Å². The van der Waals surface area contributed by atoms with Crippen LogP contribution in [-0.2, 0) is 12.8 Å². The molecule has 0 bridgehead atoms. The average Bonchev–Trinajstić information content (AvgIpc) is 2.48. The first kappa shape index (κ1) is 15.1. The molecule has 1 nitrogen and oxygen atoms in total. The van der Waals surface area contributed by atoms with E-state index in [-0.39, 0.29) is 0 Å². The fourth-order valence-electron chi connectivity index (χ4n) is 2.45. The van der Waals surface area contributed by atoms with Gasteiger partial charge in [-0.2, -0.15) is 0 Å². The number of halogens is 1. The summed E-state index contributed by atoms with van der Waals surface area (Å²) in [4.78, 5) is 0. The molecular formula is C18H22ClN. The van der Waals surface area contributed by atoms with Gasteiger partial charge < -0.3 is 5.32 Å². The molecule has 1 atom stereocenters. The summed E-state index contributed by atoms with van der Waals surface area (Å²) < 4.78 is 0. The Labute approximate surface area is 127 Å². The Morgan fingerprint density at radius 2 is 1.55 bits per heavy atom. The third-order valence-electron chi connectivity index (χ3n) is 3.62. The van der Waals surface area contributed by atoms with E-state index in [1.54, 1.807) is 0 Å². The van der Waals surface area contributed by atoms with Crippen LogP contribution in [0.25, 0.3) is 0 Å². The van der Waals surface area contributed by atoms with Crippen molar-refractivity contribution in [1.82, 2.24) is 5.32 Å². The second kappa shape index (κ2) is 7.47. The Morgan fingerprint density at radius 1 is 0.950 bits per heavy atom. The van der Waals surface area contributed by atoms with Gasteiger partial charge in [0.15, 0.2) is 0 Å². The first-order chi connectivity index (χ1) is 9.72. The topological polar surface area (TPSA) is 12.0 Å². The standard InChI is InChI=1S/C18H22ClN/c1-3-4-14-5-9-16(10-6-14)18(20-2)13-15-7-11-17(19)12-8-15/h5-12,18,20H,3-4,13H2,1-2H3. The van der Waals surface area contributed by atoms with Crippen LogP contribution in [0.15, 0.2) is 48.5 Å². The zero-order valence-electron chi connectivity index (χ0n) is 12.2. The minimum atomic E-state index is 0.340. The summed E-state index contributed by atoms with van der Waals surface area (Å²) in [6.45, 7) is 2.21. The normalized spacial score (nSPS) is 12.3. The van der Waals surface area contributed by atoms with Gasteiger partial charge in [-0.05, 0) is 48.7 Å². The molecule has 1 unspecified atom stereocenters. The highest BCUT2D eigenvalue weighted by atomic mass is 35.5. The van der Waals surface area contributed by atoms with Gasteiger partial charge in [-0.15, -0.1) is 0 Å². The van der Waals surface area contributed by atoms with Gasteiger partial charge in [0.2, 0.25) is 0 Å². The maximum Gasteiger partial charge on any atom is 0.0406 e. The van der Waals surface area contributed by atoms with Gasteiger partial charge >= 0.3 is 0 Å². The Kier molecular flexibility index (Phi) is 5.63. The van der Waals surface area contributed by atoms with Crippen LogP contribution < -0.4 is 5.32 Å². The smallest absolute Gasteiger partial charge is 0.0406 e. The minimum absolute atomic E-state index is 0.340. The summed E-state index contributed by atoms with van der Waals surface area (Å²) in [5.74, 6) is 0. The van der Waals surface area contributed by atoms with Crippen LogP contribution in [0.1, 0.15) is 36.1 Å². The van der Waals surface area contributed by atoms with Crippen molar-refractivity contribution in [2.24, 2.45) is 0 Å². The van der Waals surface area contributed by atoms with Crippen LogP contribution >= 0.6 is 11.6 Å². The van der Waals surface area contributed by atoms with Crippen LogP contribution in [0.4, 0.5) is 0 Å². The maximum absolute atomic E-state index is 5.93. The van der Waals surface area contributed by atoms with Crippen LogP contribution in [0, 0.1) is 0 Å². The van der Waals surface area contributed by atoms with Crippen LogP contribution in [0.3, 0.4) is 0 Å². The molecule has 0 heterocycles. The molecular weight excluding hydrogens is 266 g/mol. The van der Waals surface area contributed by atoms with Crippen molar-refractivity contribution < 1.29 is 0 Å². The molecule has 1 N–H and O–H groups in total. The summed E-state index contributed by atoms with van der Waals surface area (Å²) in [5.41, 5.74) is 4.05. The fraction of sp³-hybridized carbons (Fsp3) is 0.333. The lowest BCUT2D eigenvalue weighted by atomic mass is 9.97. The third kappa shape index (κ3) is 4.09. The van der Waals surface area contributed by atoms with Crippen LogP contribution in [-0.4, -0.2) is 7.05 Å². The summed E-state index contributed by atoms with van der Waals surface area (Å²) in [6, 6.07) is 17.4. The second-order valence-electron chi connectivity index (χ2n) is 5.16. The van der Waals surface area contributed by atoms with Crippen molar-refractivity contribution >= 4 is 11.6 Å². The molecule has 0 aliphatic carbocycles. The number of rotatable bonds is 6. The Bertz CT molecular complexity index is 516. The molecule has 2 aromatic carbocycles. The highest BCUT2D eigenvalue weighted by molar-refractivity contribution is 6.30. The van der Waals surface area contributed by atoms with E-state index in [1.165, 1.54) is 23.1 Å². The molecule has 2 rings (SSSR count). The number of aryl methyl sites for hydroxylation is 1. The molecule has 20 heavy (non-hydrogen) atoms. The zero-order chi connectivity index (χ0) is 14.4. The van der Waals surface area contributed by atoms with Crippen molar-refractivity contribution in [3.05, 3.63) is 70.2 Å². The first-order valence-corrected chi connectivity index (χ1v) is 7.61. The molecule has 0 fully saturated rings. The number of nitrogens with one attached hydrogen (secondary N) is 1. The number of benzene rings is 2. The quantitative estimate of drug-likeness (QED) is 0.805. The van der Waals surface area contributed by atoms with E-state index in [0.29, 0.717) is 6.04 Å². The monoisotopic (exact) mass is 287 g/mol. The maximum atomic E-state index is 5.93. The SMILES string of the molecule is CCCc1ccc(C(Cc2ccc(Cl)cc2)NC)cc1. The second-order valence-corrected chi connectivity index (χ2v) is 5.60. The minimum Gasteiger partial charge on any atom is -0.313 e. The number of likely N-dealkylation sites (N-methyl/N-ethyl adjacent to an activating group) is 1. The molecule has 0 saturated carbocycles. The third-order valence-corrected chi connectivity index (χ3v) is 3.87. The highest BCUT2D eigenvalue weighted by Gasteiger charge is 2.10.